The Kier molecular flexibility index (Phi) is 2.84. The Morgan fingerprint density at radius 2 is 2.45 bits per heavy atom. The maximum Gasteiger partial charge on any atom is 0.0693 e. The van der Waals surface area contributed by atoms with Gasteiger partial charge >= 0.3 is 0 Å². The highest BCUT2D eigenvalue weighted by Gasteiger charge is 2.15. The van der Waals surface area contributed by atoms with Gasteiger partial charge in [-0.3, -0.25) is 0 Å². The second kappa shape index (κ2) is 3.69. The standard InChI is InChI=1S/C6H10N4.ClH/c1-2-7-5-6(1)10-4-3-8-9-10;/h3-4,6-7H,1-2,5H2;1H. The highest BCUT2D eigenvalue weighted by atomic mass is 35.5. The summed E-state index contributed by atoms with van der Waals surface area (Å²) in [5.41, 5.74) is 0. The van der Waals surface area contributed by atoms with Crippen molar-refractivity contribution in [1.82, 2.24) is 20.3 Å². The van der Waals surface area contributed by atoms with Crippen molar-refractivity contribution in [2.24, 2.45) is 0 Å². The highest BCUT2D eigenvalue weighted by molar-refractivity contribution is 5.85. The lowest BCUT2D eigenvalue weighted by atomic mass is 10.3. The minimum Gasteiger partial charge on any atom is -0.315 e. The molecule has 0 saturated carbocycles. The van der Waals surface area contributed by atoms with Crippen molar-refractivity contribution in [2.75, 3.05) is 13.1 Å². The summed E-state index contributed by atoms with van der Waals surface area (Å²) in [6.45, 7) is 2.13. The van der Waals surface area contributed by atoms with E-state index in [0.717, 1.165) is 13.1 Å². The van der Waals surface area contributed by atoms with Crippen molar-refractivity contribution in [3.05, 3.63) is 12.4 Å². The van der Waals surface area contributed by atoms with E-state index in [9.17, 15) is 0 Å². The van der Waals surface area contributed by atoms with Crippen LogP contribution in [0.2, 0.25) is 0 Å². The lowest BCUT2D eigenvalue weighted by Crippen LogP contribution is -2.13. The summed E-state index contributed by atoms with van der Waals surface area (Å²) in [5, 5.41) is 10.9. The molecule has 0 bridgehead atoms. The SMILES string of the molecule is Cl.c1cn(C2CCNC2)nn1. The van der Waals surface area contributed by atoms with Gasteiger partial charge in [0.2, 0.25) is 0 Å². The molecule has 1 aliphatic rings. The third kappa shape index (κ3) is 1.70. The second-order valence-corrected chi connectivity index (χ2v) is 2.53. The van der Waals surface area contributed by atoms with E-state index in [0.29, 0.717) is 6.04 Å². The maximum atomic E-state index is 3.92. The van der Waals surface area contributed by atoms with E-state index < -0.39 is 0 Å². The van der Waals surface area contributed by atoms with Crippen LogP contribution in [-0.4, -0.2) is 28.1 Å². The second-order valence-electron chi connectivity index (χ2n) is 2.53. The highest BCUT2D eigenvalue weighted by Crippen LogP contribution is 2.11. The van der Waals surface area contributed by atoms with Crippen LogP contribution in [0.25, 0.3) is 0 Å². The molecule has 0 aromatic carbocycles. The molecule has 5 heteroatoms. The average molecular weight is 175 g/mol. The fraction of sp³-hybridized carbons (Fsp3) is 0.667. The van der Waals surface area contributed by atoms with Crippen molar-refractivity contribution in [2.45, 2.75) is 12.5 Å². The molecule has 1 aromatic heterocycles. The number of hydrogen-bond donors (Lipinski definition) is 1. The molecule has 0 amide bonds. The summed E-state index contributed by atoms with van der Waals surface area (Å²) in [6.07, 6.45) is 4.80. The van der Waals surface area contributed by atoms with Gasteiger partial charge in [0.05, 0.1) is 12.2 Å². The molecule has 1 saturated heterocycles. The normalized spacial score (nSPS) is 23.1. The molecule has 1 fully saturated rings. The van der Waals surface area contributed by atoms with Crippen LogP contribution in [0.5, 0.6) is 0 Å². The van der Waals surface area contributed by atoms with Crippen LogP contribution in [-0.2, 0) is 0 Å². The maximum absolute atomic E-state index is 3.92. The van der Waals surface area contributed by atoms with E-state index in [1.165, 1.54) is 6.42 Å². The average Bonchev–Trinajstić information content (AvgIpc) is 2.59. The summed E-state index contributed by atoms with van der Waals surface area (Å²) >= 11 is 0. The molecule has 1 atom stereocenters. The summed E-state index contributed by atoms with van der Waals surface area (Å²) < 4.78 is 1.92. The topological polar surface area (TPSA) is 42.7 Å². The Bertz CT molecular complexity index is 192. The number of aromatic nitrogens is 3. The quantitative estimate of drug-likeness (QED) is 0.663. The van der Waals surface area contributed by atoms with Crippen molar-refractivity contribution in [3.8, 4) is 0 Å². The van der Waals surface area contributed by atoms with Crippen LogP contribution in [0.4, 0.5) is 0 Å². The van der Waals surface area contributed by atoms with Crippen molar-refractivity contribution in [1.29, 1.82) is 0 Å². The summed E-state index contributed by atoms with van der Waals surface area (Å²) in [7, 11) is 0. The van der Waals surface area contributed by atoms with E-state index in [-0.39, 0.29) is 12.4 Å². The predicted octanol–water partition coefficient (Wildman–Crippen LogP) is 0.234. The molecule has 1 aromatic rings. The van der Waals surface area contributed by atoms with Crippen molar-refractivity contribution in [3.63, 3.8) is 0 Å². The Morgan fingerprint density at radius 3 is 3.00 bits per heavy atom. The van der Waals surface area contributed by atoms with E-state index in [1.54, 1.807) is 6.20 Å². The molecule has 0 aliphatic carbocycles. The monoisotopic (exact) mass is 174 g/mol. The van der Waals surface area contributed by atoms with Gasteiger partial charge < -0.3 is 5.32 Å². The Labute approximate surface area is 71.4 Å². The zero-order valence-corrected chi connectivity index (χ0v) is 6.92. The van der Waals surface area contributed by atoms with Gasteiger partial charge in [-0.25, -0.2) is 4.68 Å². The van der Waals surface area contributed by atoms with Crippen LogP contribution in [0.1, 0.15) is 12.5 Å². The van der Waals surface area contributed by atoms with Gasteiger partial charge in [0.15, 0.2) is 0 Å². The number of nitrogens with one attached hydrogen (secondary N) is 1. The lowest BCUT2D eigenvalue weighted by molar-refractivity contribution is 0.476. The molecule has 2 heterocycles. The first-order valence-corrected chi connectivity index (χ1v) is 3.53. The van der Waals surface area contributed by atoms with Gasteiger partial charge in [-0.15, -0.1) is 17.5 Å². The zero-order valence-electron chi connectivity index (χ0n) is 6.10. The van der Waals surface area contributed by atoms with Crippen LogP contribution in [0.15, 0.2) is 12.4 Å². The smallest absolute Gasteiger partial charge is 0.0693 e. The molecular weight excluding hydrogens is 164 g/mol. The molecule has 0 spiro atoms. The molecule has 62 valence electrons. The van der Waals surface area contributed by atoms with Crippen molar-refractivity contribution < 1.29 is 0 Å². The fourth-order valence-electron chi connectivity index (χ4n) is 1.28. The van der Waals surface area contributed by atoms with Crippen molar-refractivity contribution >= 4 is 12.4 Å². The van der Waals surface area contributed by atoms with E-state index in [1.807, 2.05) is 10.9 Å². The van der Waals surface area contributed by atoms with E-state index in [2.05, 4.69) is 15.6 Å². The van der Waals surface area contributed by atoms with Gasteiger partial charge in [0.1, 0.15) is 0 Å². The molecule has 1 N–H and O–H groups in total. The molecule has 11 heavy (non-hydrogen) atoms. The minimum absolute atomic E-state index is 0. The van der Waals surface area contributed by atoms with Crippen LogP contribution < -0.4 is 5.32 Å². The van der Waals surface area contributed by atoms with Crippen LogP contribution >= 0.6 is 12.4 Å². The molecular formula is C6H11ClN4. The third-order valence-electron chi connectivity index (χ3n) is 1.85. The number of halogens is 1. The zero-order chi connectivity index (χ0) is 6.81. The van der Waals surface area contributed by atoms with Gasteiger partial charge in [-0.2, -0.15) is 0 Å². The summed E-state index contributed by atoms with van der Waals surface area (Å²) in [5.74, 6) is 0. The molecule has 2 rings (SSSR count). The third-order valence-corrected chi connectivity index (χ3v) is 1.85. The Balaban J connectivity index is 0.000000605. The molecule has 0 radical (unpaired) electrons. The fourth-order valence-corrected chi connectivity index (χ4v) is 1.28. The number of nitrogens with zero attached hydrogens (tertiary/aromatic N) is 3. The Hall–Kier alpha value is -0.610. The number of rotatable bonds is 1. The largest absolute Gasteiger partial charge is 0.315 e. The van der Waals surface area contributed by atoms with Crippen LogP contribution in [0.3, 0.4) is 0 Å². The van der Waals surface area contributed by atoms with Gasteiger partial charge in [0, 0.05) is 12.7 Å². The first-order valence-electron chi connectivity index (χ1n) is 3.53. The predicted molar refractivity (Wildman–Crippen MR) is 43.8 cm³/mol. The molecule has 1 aliphatic heterocycles. The summed E-state index contributed by atoms with van der Waals surface area (Å²) in [6, 6.07) is 0.530. The Morgan fingerprint density at radius 1 is 1.55 bits per heavy atom. The number of hydrogen-bond acceptors (Lipinski definition) is 3. The first kappa shape index (κ1) is 8.49. The molecule has 4 nitrogen and oxygen atoms in total. The van der Waals surface area contributed by atoms with Gasteiger partial charge in [-0.05, 0) is 13.0 Å². The van der Waals surface area contributed by atoms with Crippen LogP contribution in [0, 0.1) is 0 Å². The molecule has 1 unspecified atom stereocenters. The van der Waals surface area contributed by atoms with E-state index >= 15 is 0 Å². The van der Waals surface area contributed by atoms with Gasteiger partial charge in [0.25, 0.3) is 0 Å². The lowest BCUT2D eigenvalue weighted by Gasteiger charge is -2.05. The van der Waals surface area contributed by atoms with E-state index in [4.69, 9.17) is 0 Å². The van der Waals surface area contributed by atoms with Gasteiger partial charge in [-0.1, -0.05) is 5.21 Å². The first-order chi connectivity index (χ1) is 4.97. The summed E-state index contributed by atoms with van der Waals surface area (Å²) in [4.78, 5) is 0. The minimum atomic E-state index is 0.